The molecule has 0 aliphatic carbocycles. The van der Waals surface area contributed by atoms with Crippen molar-refractivity contribution in [3.63, 3.8) is 0 Å². The van der Waals surface area contributed by atoms with Gasteiger partial charge in [0.15, 0.2) is 0 Å². The van der Waals surface area contributed by atoms with Crippen LogP contribution in [0.4, 0.5) is 0 Å². The third-order valence-electron chi connectivity index (χ3n) is 4.07. The van der Waals surface area contributed by atoms with Gasteiger partial charge in [-0.15, -0.1) is 0 Å². The van der Waals surface area contributed by atoms with E-state index in [-0.39, 0.29) is 17.7 Å². The number of nitrogens with zero attached hydrogens (tertiary/aromatic N) is 2. The van der Waals surface area contributed by atoms with Crippen molar-refractivity contribution in [2.75, 3.05) is 13.6 Å². The number of hydrogen-bond donors (Lipinski definition) is 1. The number of hydrogen-bond acceptors (Lipinski definition) is 4. The van der Waals surface area contributed by atoms with E-state index in [4.69, 9.17) is 10.3 Å². The van der Waals surface area contributed by atoms with Crippen LogP contribution in [0.25, 0.3) is 11.3 Å². The first kappa shape index (κ1) is 17.2. The Morgan fingerprint density at radius 3 is 2.57 bits per heavy atom. The highest BCUT2D eigenvalue weighted by Gasteiger charge is 2.19. The zero-order valence-corrected chi connectivity index (χ0v) is 14.2. The summed E-state index contributed by atoms with van der Waals surface area (Å²) >= 11 is 0. The van der Waals surface area contributed by atoms with Crippen LogP contribution >= 0.6 is 0 Å². The van der Waals surface area contributed by atoms with E-state index in [9.17, 15) is 4.79 Å². The molecular formula is C18H25N3O2. The van der Waals surface area contributed by atoms with Crippen LogP contribution in [0.2, 0.25) is 0 Å². The minimum atomic E-state index is -0.174. The molecule has 1 aromatic heterocycles. The molecule has 0 spiro atoms. The van der Waals surface area contributed by atoms with Crippen LogP contribution in [0.15, 0.2) is 34.9 Å². The Balaban J connectivity index is 2.01. The smallest absolute Gasteiger partial charge is 0.292 e. The Hall–Kier alpha value is -2.14. The molecule has 124 valence electrons. The summed E-state index contributed by atoms with van der Waals surface area (Å²) in [6.07, 6.45) is 0.763. The maximum Gasteiger partial charge on any atom is 0.292 e. The normalized spacial score (nSPS) is 12.4. The van der Waals surface area contributed by atoms with E-state index in [2.05, 4.69) is 19.0 Å². The lowest BCUT2D eigenvalue weighted by atomic mass is 10.0. The second-order valence-electron chi connectivity index (χ2n) is 6.37. The Bertz CT molecular complexity index is 647. The van der Waals surface area contributed by atoms with Crippen LogP contribution in [0.3, 0.4) is 0 Å². The average molecular weight is 315 g/mol. The van der Waals surface area contributed by atoms with Crippen molar-refractivity contribution in [3.8, 4) is 11.3 Å². The van der Waals surface area contributed by atoms with Gasteiger partial charge in [0.1, 0.15) is 5.69 Å². The molecule has 1 unspecified atom stereocenters. The summed E-state index contributed by atoms with van der Waals surface area (Å²) in [6.45, 7) is 6.78. The number of carbonyl (C=O) groups excluding carboxylic acids is 1. The Morgan fingerprint density at radius 2 is 1.96 bits per heavy atom. The van der Waals surface area contributed by atoms with Gasteiger partial charge in [-0.3, -0.25) is 4.79 Å². The van der Waals surface area contributed by atoms with Crippen molar-refractivity contribution in [1.82, 2.24) is 10.1 Å². The molecule has 0 saturated heterocycles. The number of aromatic nitrogens is 1. The predicted octanol–water partition coefficient (Wildman–Crippen LogP) is 3.10. The molecule has 2 rings (SSSR count). The van der Waals surface area contributed by atoms with Crippen molar-refractivity contribution < 1.29 is 9.32 Å². The molecule has 5 heteroatoms. The van der Waals surface area contributed by atoms with E-state index in [1.165, 1.54) is 5.56 Å². The van der Waals surface area contributed by atoms with Crippen LogP contribution in [0, 0.1) is 12.8 Å². The molecule has 1 amide bonds. The molecule has 5 nitrogen and oxygen atoms in total. The van der Waals surface area contributed by atoms with Crippen molar-refractivity contribution in [1.29, 1.82) is 0 Å². The first-order valence-electron chi connectivity index (χ1n) is 7.93. The Labute approximate surface area is 137 Å². The summed E-state index contributed by atoms with van der Waals surface area (Å²) in [5.41, 5.74) is 8.80. The molecule has 0 aliphatic rings. The second-order valence-corrected chi connectivity index (χ2v) is 6.37. The highest BCUT2D eigenvalue weighted by atomic mass is 16.5. The molecule has 0 saturated carbocycles. The molecular weight excluding hydrogens is 290 g/mol. The van der Waals surface area contributed by atoms with Gasteiger partial charge in [-0.05, 0) is 19.3 Å². The lowest BCUT2D eigenvalue weighted by Gasteiger charge is -2.20. The topological polar surface area (TPSA) is 72.4 Å². The molecule has 2 aromatic rings. The van der Waals surface area contributed by atoms with Gasteiger partial charge in [0, 0.05) is 31.3 Å². The number of benzene rings is 1. The third kappa shape index (κ3) is 4.42. The molecule has 1 atom stereocenters. The molecule has 0 radical (unpaired) electrons. The average Bonchev–Trinajstić information content (AvgIpc) is 3.01. The van der Waals surface area contributed by atoms with Crippen molar-refractivity contribution in [3.05, 3.63) is 41.7 Å². The lowest BCUT2D eigenvalue weighted by Crippen LogP contribution is -2.34. The van der Waals surface area contributed by atoms with Crippen LogP contribution in [0.5, 0.6) is 0 Å². The predicted molar refractivity (Wildman–Crippen MR) is 91.1 cm³/mol. The van der Waals surface area contributed by atoms with E-state index < -0.39 is 0 Å². The van der Waals surface area contributed by atoms with Crippen molar-refractivity contribution >= 4 is 5.91 Å². The summed E-state index contributed by atoms with van der Waals surface area (Å²) in [7, 11) is 1.75. The summed E-state index contributed by atoms with van der Waals surface area (Å²) in [4.78, 5) is 14.0. The maximum absolute atomic E-state index is 12.4. The maximum atomic E-state index is 12.4. The van der Waals surface area contributed by atoms with Gasteiger partial charge < -0.3 is 15.2 Å². The summed E-state index contributed by atoms with van der Waals surface area (Å²) in [6, 6.07) is 9.71. The number of amides is 1. The number of aryl methyl sites for hydroxylation is 1. The molecule has 1 aromatic carbocycles. The monoisotopic (exact) mass is 315 g/mol. The van der Waals surface area contributed by atoms with Gasteiger partial charge in [0.2, 0.25) is 5.76 Å². The minimum absolute atomic E-state index is 0.0862. The second kappa shape index (κ2) is 7.42. The SMILES string of the molecule is Cc1ccc(-c2cc(C(=O)N(C)CCC(N)C(C)C)on2)cc1. The largest absolute Gasteiger partial charge is 0.350 e. The highest BCUT2D eigenvalue weighted by molar-refractivity contribution is 5.92. The quantitative estimate of drug-likeness (QED) is 0.889. The fourth-order valence-electron chi connectivity index (χ4n) is 2.20. The van der Waals surface area contributed by atoms with Crippen LogP contribution in [0.1, 0.15) is 36.4 Å². The fourth-order valence-corrected chi connectivity index (χ4v) is 2.20. The molecule has 1 heterocycles. The summed E-state index contributed by atoms with van der Waals surface area (Å²) < 4.78 is 5.21. The highest BCUT2D eigenvalue weighted by Crippen LogP contribution is 2.20. The molecule has 0 aliphatic heterocycles. The van der Waals surface area contributed by atoms with E-state index >= 15 is 0 Å². The number of nitrogens with two attached hydrogens (primary N) is 1. The Morgan fingerprint density at radius 1 is 1.30 bits per heavy atom. The van der Waals surface area contributed by atoms with E-state index in [0.29, 0.717) is 18.2 Å². The van der Waals surface area contributed by atoms with Crippen LogP contribution < -0.4 is 5.73 Å². The zero-order valence-electron chi connectivity index (χ0n) is 14.2. The molecule has 0 bridgehead atoms. The molecule has 23 heavy (non-hydrogen) atoms. The van der Waals surface area contributed by atoms with Crippen molar-refractivity contribution in [2.45, 2.75) is 33.2 Å². The van der Waals surface area contributed by atoms with Gasteiger partial charge in [0.05, 0.1) is 0 Å². The van der Waals surface area contributed by atoms with E-state index in [1.54, 1.807) is 18.0 Å². The first-order valence-corrected chi connectivity index (χ1v) is 7.93. The summed E-state index contributed by atoms with van der Waals surface area (Å²) in [5, 5.41) is 4.00. The molecule has 2 N–H and O–H groups in total. The van der Waals surface area contributed by atoms with E-state index in [1.807, 2.05) is 31.2 Å². The fraction of sp³-hybridized carbons (Fsp3) is 0.444. The number of carbonyl (C=O) groups is 1. The van der Waals surface area contributed by atoms with Gasteiger partial charge in [-0.1, -0.05) is 48.8 Å². The number of rotatable bonds is 6. The standard InChI is InChI=1S/C18H25N3O2/c1-12(2)15(19)9-10-21(4)18(22)17-11-16(20-23-17)14-7-5-13(3)6-8-14/h5-8,11-12,15H,9-10,19H2,1-4H3. The van der Waals surface area contributed by atoms with Crippen LogP contribution in [-0.2, 0) is 0 Å². The van der Waals surface area contributed by atoms with Gasteiger partial charge in [-0.25, -0.2) is 0 Å². The van der Waals surface area contributed by atoms with Gasteiger partial charge in [0.25, 0.3) is 5.91 Å². The first-order chi connectivity index (χ1) is 10.9. The van der Waals surface area contributed by atoms with E-state index in [0.717, 1.165) is 12.0 Å². The van der Waals surface area contributed by atoms with Crippen LogP contribution in [-0.4, -0.2) is 35.6 Å². The third-order valence-corrected chi connectivity index (χ3v) is 4.07. The van der Waals surface area contributed by atoms with Gasteiger partial charge >= 0.3 is 0 Å². The minimum Gasteiger partial charge on any atom is -0.350 e. The molecule has 0 fully saturated rings. The lowest BCUT2D eigenvalue weighted by molar-refractivity contribution is 0.0748. The van der Waals surface area contributed by atoms with Gasteiger partial charge in [-0.2, -0.15) is 0 Å². The Kier molecular flexibility index (Phi) is 5.55. The zero-order chi connectivity index (χ0) is 17.0. The van der Waals surface area contributed by atoms with Crippen molar-refractivity contribution in [2.24, 2.45) is 11.7 Å². The summed E-state index contributed by atoms with van der Waals surface area (Å²) in [5.74, 6) is 0.477.